The highest BCUT2D eigenvalue weighted by Gasteiger charge is 2.37. The highest BCUT2D eigenvalue weighted by Crippen LogP contribution is 2.39. The van der Waals surface area contributed by atoms with Crippen molar-refractivity contribution in [1.82, 2.24) is 4.90 Å². The van der Waals surface area contributed by atoms with Crippen molar-refractivity contribution >= 4 is 5.78 Å². The van der Waals surface area contributed by atoms with Crippen molar-refractivity contribution in [2.45, 2.75) is 57.2 Å². The fourth-order valence-corrected chi connectivity index (χ4v) is 4.72. The molecule has 3 atom stereocenters. The Balaban J connectivity index is 1.69. The average Bonchev–Trinajstić information content (AvgIpc) is 2.75. The van der Waals surface area contributed by atoms with Crippen molar-refractivity contribution in [3.8, 4) is 5.75 Å². The number of carbonyl (C=O) groups excluding carboxylic acids is 1. The van der Waals surface area contributed by atoms with Gasteiger partial charge in [0.1, 0.15) is 6.10 Å². The Hall–Kier alpha value is -2.31. The lowest BCUT2D eigenvalue weighted by Gasteiger charge is -2.43. The monoisotopic (exact) mass is 414 g/mol. The van der Waals surface area contributed by atoms with E-state index in [0.29, 0.717) is 0 Å². The normalized spacial score (nSPS) is 24.3. The molecule has 0 saturated carbocycles. The van der Waals surface area contributed by atoms with E-state index in [1.807, 2.05) is 24.3 Å². The third-order valence-electron chi connectivity index (χ3n) is 6.26. The molecule has 0 amide bonds. The predicted octanol–water partition coefficient (Wildman–Crippen LogP) is 4.42. The molecule has 2 aliphatic rings. The molecule has 6 heteroatoms. The number of nitrogens with two attached hydrogens (primary N) is 1. The highest BCUT2D eigenvalue weighted by molar-refractivity contribution is 5.96. The van der Waals surface area contributed by atoms with Crippen molar-refractivity contribution in [2.75, 3.05) is 13.1 Å². The molecule has 1 saturated heterocycles. The molecule has 0 unspecified atom stereocenters. The first-order chi connectivity index (χ1) is 14.5. The lowest BCUT2D eigenvalue weighted by Crippen LogP contribution is -2.51. The summed E-state index contributed by atoms with van der Waals surface area (Å²) in [6.45, 7) is 3.31. The van der Waals surface area contributed by atoms with Crippen LogP contribution in [0.15, 0.2) is 36.4 Å². The van der Waals surface area contributed by atoms with Gasteiger partial charge in [0, 0.05) is 24.6 Å². The summed E-state index contributed by atoms with van der Waals surface area (Å²) in [5.74, 6) is -2.41. The number of fused-ring (bicyclic) bond motifs is 1. The molecule has 2 aromatic carbocycles. The van der Waals surface area contributed by atoms with Gasteiger partial charge in [0.2, 0.25) is 0 Å². The van der Waals surface area contributed by atoms with Gasteiger partial charge in [0.15, 0.2) is 23.2 Å². The number of aryl methyl sites for hydroxylation is 1. The van der Waals surface area contributed by atoms with E-state index in [1.165, 1.54) is 0 Å². The van der Waals surface area contributed by atoms with E-state index in [-0.39, 0.29) is 29.9 Å². The topological polar surface area (TPSA) is 55.6 Å². The maximum absolute atomic E-state index is 14.8. The van der Waals surface area contributed by atoms with E-state index in [2.05, 4.69) is 4.90 Å². The molecule has 0 bridgehead atoms. The Morgan fingerprint density at radius 3 is 2.63 bits per heavy atom. The highest BCUT2D eigenvalue weighted by atomic mass is 19.1. The largest absolute Gasteiger partial charge is 0.478 e. The number of halogens is 2. The van der Waals surface area contributed by atoms with E-state index >= 15 is 0 Å². The summed E-state index contributed by atoms with van der Waals surface area (Å²) in [6.07, 6.45) is 3.40. The maximum atomic E-state index is 14.8. The van der Waals surface area contributed by atoms with Gasteiger partial charge in [0.05, 0.1) is 6.04 Å². The van der Waals surface area contributed by atoms with Crippen LogP contribution in [0.5, 0.6) is 5.75 Å². The van der Waals surface area contributed by atoms with Crippen LogP contribution >= 0.6 is 0 Å². The number of hydrogen-bond acceptors (Lipinski definition) is 4. The Kier molecular flexibility index (Phi) is 6.16. The van der Waals surface area contributed by atoms with E-state index in [0.717, 1.165) is 62.0 Å². The van der Waals surface area contributed by atoms with Crippen molar-refractivity contribution in [3.63, 3.8) is 0 Å². The summed E-state index contributed by atoms with van der Waals surface area (Å²) in [7, 11) is 0. The van der Waals surface area contributed by atoms with Crippen LogP contribution in [-0.2, 0) is 6.42 Å². The molecular weight excluding hydrogens is 386 g/mol. The Labute approximate surface area is 176 Å². The zero-order chi connectivity index (χ0) is 21.3. The summed E-state index contributed by atoms with van der Waals surface area (Å²) >= 11 is 0. The van der Waals surface area contributed by atoms with Crippen molar-refractivity contribution in [2.24, 2.45) is 5.73 Å². The molecule has 4 nitrogen and oxygen atoms in total. The third kappa shape index (κ3) is 4.12. The number of ketones is 1. The summed E-state index contributed by atoms with van der Waals surface area (Å²) in [5, 5.41) is 0. The molecule has 0 spiro atoms. The van der Waals surface area contributed by atoms with Crippen molar-refractivity contribution < 1.29 is 18.3 Å². The molecule has 0 aromatic heterocycles. The Bertz CT molecular complexity index is 910. The van der Waals surface area contributed by atoms with Crippen LogP contribution in [0.2, 0.25) is 0 Å². The zero-order valence-electron chi connectivity index (χ0n) is 17.2. The first-order valence-corrected chi connectivity index (χ1v) is 10.7. The van der Waals surface area contributed by atoms with Gasteiger partial charge in [-0.1, -0.05) is 31.2 Å². The van der Waals surface area contributed by atoms with E-state index in [4.69, 9.17) is 10.5 Å². The predicted molar refractivity (Wildman–Crippen MR) is 112 cm³/mol. The quantitative estimate of drug-likeness (QED) is 0.736. The SMILES string of the molecule is CCC(=O)c1cc(F)c(O[C@H]2c3ccccc3CC[C@@H]2N2CCC[C@H](N)C2)c(F)c1. The van der Waals surface area contributed by atoms with Crippen LogP contribution in [0, 0.1) is 11.6 Å². The van der Waals surface area contributed by atoms with Crippen LogP contribution in [0.1, 0.15) is 60.2 Å². The molecule has 2 N–H and O–H groups in total. The molecular formula is C24H28F2N2O2. The number of ether oxygens (including phenoxy) is 1. The van der Waals surface area contributed by atoms with Gasteiger partial charge in [-0.3, -0.25) is 9.69 Å². The number of rotatable bonds is 5. The average molecular weight is 414 g/mol. The van der Waals surface area contributed by atoms with Gasteiger partial charge >= 0.3 is 0 Å². The molecule has 1 heterocycles. The number of carbonyl (C=O) groups is 1. The minimum Gasteiger partial charge on any atom is -0.478 e. The molecule has 160 valence electrons. The molecule has 1 aliphatic heterocycles. The second-order valence-electron chi connectivity index (χ2n) is 8.29. The van der Waals surface area contributed by atoms with Crippen LogP contribution in [0.3, 0.4) is 0 Å². The number of piperidine rings is 1. The van der Waals surface area contributed by atoms with Gasteiger partial charge in [-0.05, 0) is 55.5 Å². The number of benzene rings is 2. The minimum atomic E-state index is -0.844. The van der Waals surface area contributed by atoms with E-state index < -0.39 is 23.5 Å². The first kappa shape index (κ1) is 20.9. The van der Waals surface area contributed by atoms with Crippen molar-refractivity contribution in [3.05, 3.63) is 64.7 Å². The van der Waals surface area contributed by atoms with Gasteiger partial charge in [-0.15, -0.1) is 0 Å². The smallest absolute Gasteiger partial charge is 0.191 e. The number of likely N-dealkylation sites (tertiary alicyclic amines) is 1. The third-order valence-corrected chi connectivity index (χ3v) is 6.26. The Morgan fingerprint density at radius 1 is 1.20 bits per heavy atom. The molecule has 1 aliphatic carbocycles. The van der Waals surface area contributed by atoms with Crippen LogP contribution in [0.25, 0.3) is 0 Å². The van der Waals surface area contributed by atoms with Gasteiger partial charge < -0.3 is 10.5 Å². The lowest BCUT2D eigenvalue weighted by molar-refractivity contribution is 0.0325. The standard InChI is InChI=1S/C24H28F2N2O2/c1-2-22(29)16-12-19(25)24(20(26)13-16)30-23-18-8-4-3-6-15(18)9-10-21(23)28-11-5-7-17(27)14-28/h3-4,6,8,12-13,17,21,23H,2,5,7,9-11,14,27H2,1H3/t17-,21-,23-/m0/s1. The second kappa shape index (κ2) is 8.82. The van der Waals surface area contributed by atoms with E-state index in [1.54, 1.807) is 6.92 Å². The molecule has 0 radical (unpaired) electrons. The number of hydrogen-bond donors (Lipinski definition) is 1. The minimum absolute atomic E-state index is 0.0120. The second-order valence-corrected chi connectivity index (χ2v) is 8.29. The fourth-order valence-electron chi connectivity index (χ4n) is 4.72. The number of nitrogens with zero attached hydrogens (tertiary/aromatic N) is 1. The fraction of sp³-hybridized carbons (Fsp3) is 0.458. The summed E-state index contributed by atoms with van der Waals surface area (Å²) in [4.78, 5) is 14.2. The molecule has 30 heavy (non-hydrogen) atoms. The summed E-state index contributed by atoms with van der Waals surface area (Å²) < 4.78 is 35.7. The van der Waals surface area contributed by atoms with Gasteiger partial charge in [-0.2, -0.15) is 0 Å². The van der Waals surface area contributed by atoms with Gasteiger partial charge in [-0.25, -0.2) is 8.78 Å². The maximum Gasteiger partial charge on any atom is 0.191 e. The van der Waals surface area contributed by atoms with Crippen LogP contribution < -0.4 is 10.5 Å². The number of Topliss-reactive ketones (excluding diaryl/α,β-unsaturated/α-hetero) is 1. The zero-order valence-corrected chi connectivity index (χ0v) is 17.2. The molecule has 1 fully saturated rings. The lowest BCUT2D eigenvalue weighted by atomic mass is 9.84. The van der Waals surface area contributed by atoms with E-state index in [9.17, 15) is 13.6 Å². The Morgan fingerprint density at radius 2 is 1.93 bits per heavy atom. The first-order valence-electron chi connectivity index (χ1n) is 10.7. The summed E-state index contributed by atoms with van der Waals surface area (Å²) in [5.41, 5.74) is 8.32. The summed E-state index contributed by atoms with van der Waals surface area (Å²) in [6, 6.07) is 10.1. The molecule has 4 rings (SSSR count). The van der Waals surface area contributed by atoms with Crippen molar-refractivity contribution in [1.29, 1.82) is 0 Å². The molecule has 2 aromatic rings. The van der Waals surface area contributed by atoms with Crippen LogP contribution in [-0.4, -0.2) is 35.9 Å². The van der Waals surface area contributed by atoms with Gasteiger partial charge in [0.25, 0.3) is 0 Å². The van der Waals surface area contributed by atoms with Crippen LogP contribution in [0.4, 0.5) is 8.78 Å².